The number of hydrogen-bond donors (Lipinski definition) is 2. The first-order valence-corrected chi connectivity index (χ1v) is 6.23. The van der Waals surface area contributed by atoms with Crippen LogP contribution in [-0.2, 0) is 0 Å². The van der Waals surface area contributed by atoms with Gasteiger partial charge in [-0.15, -0.1) is 0 Å². The van der Waals surface area contributed by atoms with E-state index in [9.17, 15) is 4.79 Å². The molecule has 1 amide bonds. The Hall–Kier alpha value is -1.65. The number of anilines is 1. The summed E-state index contributed by atoms with van der Waals surface area (Å²) in [5.41, 5.74) is 0.385. The minimum atomic E-state index is -0.133. The maximum atomic E-state index is 11.8. The third kappa shape index (κ3) is 4.69. The van der Waals surface area contributed by atoms with Crippen molar-refractivity contribution >= 4 is 11.9 Å². The molecule has 1 unspecified atom stereocenters. The van der Waals surface area contributed by atoms with Gasteiger partial charge in [-0.05, 0) is 34.1 Å². The number of hydrogen-bond acceptors (Lipinski definition) is 4. The van der Waals surface area contributed by atoms with Gasteiger partial charge in [0.05, 0.1) is 5.56 Å². The Morgan fingerprint density at radius 1 is 1.33 bits per heavy atom. The van der Waals surface area contributed by atoms with Crippen molar-refractivity contribution in [2.24, 2.45) is 0 Å². The summed E-state index contributed by atoms with van der Waals surface area (Å²) in [6.45, 7) is 10.1. The van der Waals surface area contributed by atoms with E-state index in [2.05, 4.69) is 20.6 Å². The number of carbonyl (C=O) groups excluding carboxylic acids is 1. The molecule has 18 heavy (non-hydrogen) atoms. The largest absolute Gasteiger partial charge is 0.350 e. The van der Waals surface area contributed by atoms with E-state index in [1.54, 1.807) is 12.4 Å². The van der Waals surface area contributed by atoms with Crippen LogP contribution in [0.4, 0.5) is 5.95 Å². The van der Waals surface area contributed by atoms with Crippen LogP contribution in [0.3, 0.4) is 0 Å². The van der Waals surface area contributed by atoms with E-state index in [1.807, 2.05) is 34.6 Å². The van der Waals surface area contributed by atoms with Gasteiger partial charge in [0.15, 0.2) is 0 Å². The number of nitrogens with one attached hydrogen (secondary N) is 2. The average molecular weight is 250 g/mol. The van der Waals surface area contributed by atoms with E-state index in [0.29, 0.717) is 11.5 Å². The summed E-state index contributed by atoms with van der Waals surface area (Å²) < 4.78 is 0. The summed E-state index contributed by atoms with van der Waals surface area (Å²) in [4.78, 5) is 20.1. The monoisotopic (exact) mass is 250 g/mol. The molecule has 0 bridgehead atoms. The summed E-state index contributed by atoms with van der Waals surface area (Å²) in [6, 6.07) is 0.157. The lowest BCUT2D eigenvalue weighted by molar-refractivity contribution is 0.0938. The molecule has 2 N–H and O–H groups in total. The highest BCUT2D eigenvalue weighted by molar-refractivity contribution is 5.93. The highest BCUT2D eigenvalue weighted by atomic mass is 16.1. The van der Waals surface area contributed by atoms with Gasteiger partial charge in [-0.2, -0.15) is 0 Å². The fourth-order valence-electron chi connectivity index (χ4n) is 1.25. The highest BCUT2D eigenvalue weighted by Gasteiger charge is 2.13. The summed E-state index contributed by atoms with van der Waals surface area (Å²) in [6.07, 6.45) is 3.98. The van der Waals surface area contributed by atoms with E-state index >= 15 is 0 Å². The smallest absolute Gasteiger partial charge is 0.254 e. The van der Waals surface area contributed by atoms with E-state index in [-0.39, 0.29) is 17.5 Å². The van der Waals surface area contributed by atoms with Crippen molar-refractivity contribution in [2.75, 3.05) is 5.32 Å². The Labute approximate surface area is 108 Å². The second-order valence-electron chi connectivity index (χ2n) is 5.45. The number of rotatable bonds is 4. The molecule has 0 spiro atoms. The molecule has 0 fully saturated rings. The molecular formula is C13H22N4O. The molecule has 100 valence electrons. The van der Waals surface area contributed by atoms with Crippen LogP contribution >= 0.6 is 0 Å². The standard InChI is InChI=1S/C13H22N4O/c1-6-9(2)16-11(18)10-7-14-12(15-8-10)17-13(3,4)5/h7-9H,6H2,1-5H3,(H,16,18)(H,14,15,17). The first-order valence-electron chi connectivity index (χ1n) is 6.23. The predicted octanol–water partition coefficient (Wildman–Crippen LogP) is 2.22. The van der Waals surface area contributed by atoms with Gasteiger partial charge < -0.3 is 10.6 Å². The molecular weight excluding hydrogens is 228 g/mol. The van der Waals surface area contributed by atoms with Gasteiger partial charge in [0.1, 0.15) is 0 Å². The lowest BCUT2D eigenvalue weighted by Crippen LogP contribution is -2.32. The third-order valence-corrected chi connectivity index (χ3v) is 2.39. The fraction of sp³-hybridized carbons (Fsp3) is 0.615. The van der Waals surface area contributed by atoms with Crippen LogP contribution in [0, 0.1) is 0 Å². The fourth-order valence-corrected chi connectivity index (χ4v) is 1.25. The highest BCUT2D eigenvalue weighted by Crippen LogP contribution is 2.09. The van der Waals surface area contributed by atoms with Crippen LogP contribution in [-0.4, -0.2) is 27.5 Å². The van der Waals surface area contributed by atoms with Gasteiger partial charge in [-0.25, -0.2) is 9.97 Å². The van der Waals surface area contributed by atoms with E-state index in [1.165, 1.54) is 0 Å². The third-order valence-electron chi connectivity index (χ3n) is 2.39. The summed E-state index contributed by atoms with van der Waals surface area (Å²) in [7, 11) is 0. The number of amides is 1. The van der Waals surface area contributed by atoms with Crippen LogP contribution in [0.5, 0.6) is 0 Å². The van der Waals surface area contributed by atoms with Crippen LogP contribution in [0.2, 0.25) is 0 Å². The SMILES string of the molecule is CCC(C)NC(=O)c1cnc(NC(C)(C)C)nc1. The molecule has 1 heterocycles. The normalized spacial score (nSPS) is 12.9. The molecule has 0 aliphatic carbocycles. The molecule has 5 nitrogen and oxygen atoms in total. The molecule has 0 aromatic carbocycles. The van der Waals surface area contributed by atoms with Crippen molar-refractivity contribution in [3.8, 4) is 0 Å². The van der Waals surface area contributed by atoms with Gasteiger partial charge in [0, 0.05) is 24.0 Å². The van der Waals surface area contributed by atoms with Crippen LogP contribution in [0.25, 0.3) is 0 Å². The van der Waals surface area contributed by atoms with Crippen LogP contribution < -0.4 is 10.6 Å². The molecule has 0 saturated heterocycles. The molecule has 5 heteroatoms. The van der Waals surface area contributed by atoms with Gasteiger partial charge in [0.2, 0.25) is 5.95 Å². The Morgan fingerprint density at radius 2 is 1.89 bits per heavy atom. The topological polar surface area (TPSA) is 66.9 Å². The Kier molecular flexibility index (Phi) is 4.64. The first-order chi connectivity index (χ1) is 8.31. The van der Waals surface area contributed by atoms with Crippen LogP contribution in [0.1, 0.15) is 51.4 Å². The zero-order valence-corrected chi connectivity index (χ0v) is 11.7. The minimum Gasteiger partial charge on any atom is -0.350 e. The van der Waals surface area contributed by atoms with Crippen LogP contribution in [0.15, 0.2) is 12.4 Å². The van der Waals surface area contributed by atoms with Gasteiger partial charge >= 0.3 is 0 Å². The van der Waals surface area contributed by atoms with Crippen molar-refractivity contribution in [1.82, 2.24) is 15.3 Å². The van der Waals surface area contributed by atoms with Gasteiger partial charge in [-0.3, -0.25) is 4.79 Å². The van der Waals surface area contributed by atoms with E-state index < -0.39 is 0 Å². The number of carbonyl (C=O) groups is 1. The van der Waals surface area contributed by atoms with Gasteiger partial charge in [-0.1, -0.05) is 6.92 Å². The maximum absolute atomic E-state index is 11.8. The molecule has 0 saturated carbocycles. The first kappa shape index (κ1) is 14.4. The van der Waals surface area contributed by atoms with Gasteiger partial charge in [0.25, 0.3) is 5.91 Å². The molecule has 1 atom stereocenters. The number of aromatic nitrogens is 2. The minimum absolute atomic E-state index is 0.0967. The lowest BCUT2D eigenvalue weighted by Gasteiger charge is -2.20. The van der Waals surface area contributed by atoms with E-state index in [4.69, 9.17) is 0 Å². The van der Waals surface area contributed by atoms with Crippen molar-refractivity contribution < 1.29 is 4.79 Å². The summed E-state index contributed by atoms with van der Waals surface area (Å²) >= 11 is 0. The second kappa shape index (κ2) is 5.80. The summed E-state index contributed by atoms with van der Waals surface area (Å²) in [5, 5.41) is 6.02. The Balaban J connectivity index is 2.68. The number of nitrogens with zero attached hydrogens (tertiary/aromatic N) is 2. The Bertz CT molecular complexity index is 394. The lowest BCUT2D eigenvalue weighted by atomic mass is 10.1. The Morgan fingerprint density at radius 3 is 2.33 bits per heavy atom. The van der Waals surface area contributed by atoms with Crippen molar-refractivity contribution in [2.45, 2.75) is 52.6 Å². The van der Waals surface area contributed by atoms with Crippen molar-refractivity contribution in [3.05, 3.63) is 18.0 Å². The maximum Gasteiger partial charge on any atom is 0.254 e. The molecule has 0 radical (unpaired) electrons. The molecule has 1 aromatic heterocycles. The predicted molar refractivity (Wildman–Crippen MR) is 72.6 cm³/mol. The zero-order chi connectivity index (χ0) is 13.8. The molecule has 1 rings (SSSR count). The zero-order valence-electron chi connectivity index (χ0n) is 11.7. The van der Waals surface area contributed by atoms with E-state index in [0.717, 1.165) is 6.42 Å². The van der Waals surface area contributed by atoms with Crippen molar-refractivity contribution in [1.29, 1.82) is 0 Å². The average Bonchev–Trinajstić information content (AvgIpc) is 2.27. The molecule has 1 aromatic rings. The van der Waals surface area contributed by atoms with Crippen molar-refractivity contribution in [3.63, 3.8) is 0 Å². The quantitative estimate of drug-likeness (QED) is 0.859. The molecule has 0 aliphatic heterocycles. The summed E-state index contributed by atoms with van der Waals surface area (Å²) in [5.74, 6) is 0.397. The molecule has 0 aliphatic rings. The second-order valence-corrected chi connectivity index (χ2v) is 5.45.